The topological polar surface area (TPSA) is 131 Å². The Labute approximate surface area is 126 Å². The number of aromatic hydroxyl groups is 1. The average molecular weight is 325 g/mol. The number of aliphatic hydroxyl groups is 2. The minimum absolute atomic E-state index is 0.0361. The van der Waals surface area contributed by atoms with Crippen molar-refractivity contribution in [3.05, 3.63) is 53.0 Å². The van der Waals surface area contributed by atoms with E-state index in [0.717, 1.165) is 11.6 Å². The number of hydrogen-bond donors (Lipinski definition) is 5. The van der Waals surface area contributed by atoms with Crippen molar-refractivity contribution in [1.29, 1.82) is 0 Å². The summed E-state index contributed by atoms with van der Waals surface area (Å²) in [6.07, 6.45) is 1.68. The molecule has 0 unspecified atom stereocenters. The van der Waals surface area contributed by atoms with Crippen LogP contribution in [0.15, 0.2) is 52.2 Å². The lowest BCUT2D eigenvalue weighted by atomic mass is 9.94. The van der Waals surface area contributed by atoms with Crippen LogP contribution in [0.4, 0.5) is 0 Å². The molecule has 0 spiro atoms. The van der Waals surface area contributed by atoms with E-state index in [1.165, 1.54) is 6.07 Å². The summed E-state index contributed by atoms with van der Waals surface area (Å²) < 4.78 is 14.3. The number of rotatable bonds is 4. The van der Waals surface area contributed by atoms with Crippen LogP contribution < -0.4 is 0 Å². The van der Waals surface area contributed by atoms with E-state index >= 15 is 0 Å². The number of phenols is 1. The van der Waals surface area contributed by atoms with Crippen LogP contribution in [0.5, 0.6) is 5.75 Å². The Bertz CT molecular complexity index is 716. The van der Waals surface area contributed by atoms with Crippen molar-refractivity contribution in [3.63, 3.8) is 0 Å². The molecule has 0 saturated carbocycles. The second-order valence-electron chi connectivity index (χ2n) is 4.91. The number of aryl methyl sites for hydroxylation is 1. The molecule has 0 saturated heterocycles. The number of allylic oxidation sites excluding steroid dienone is 3. The Morgan fingerprint density at radius 1 is 1.14 bits per heavy atom. The molecule has 1 aromatic rings. The molecule has 1 aliphatic rings. The highest BCUT2D eigenvalue weighted by atomic mass is 31.2. The first-order valence-electron chi connectivity index (χ1n) is 6.49. The summed E-state index contributed by atoms with van der Waals surface area (Å²) >= 11 is 0. The van der Waals surface area contributed by atoms with Crippen LogP contribution in [-0.2, 0) is 11.0 Å². The van der Waals surface area contributed by atoms with E-state index in [1.54, 1.807) is 18.2 Å². The summed E-state index contributed by atoms with van der Waals surface area (Å²) in [7, 11) is -4.66. The third-order valence-corrected chi connectivity index (χ3v) is 3.64. The van der Waals surface area contributed by atoms with Crippen LogP contribution in [0.25, 0.3) is 0 Å². The van der Waals surface area contributed by atoms with Crippen LogP contribution in [0.1, 0.15) is 18.4 Å². The molecule has 0 aromatic heterocycles. The quantitative estimate of drug-likeness (QED) is 0.541. The lowest BCUT2D eigenvalue weighted by Crippen LogP contribution is -2.13. The van der Waals surface area contributed by atoms with Crippen molar-refractivity contribution in [2.45, 2.75) is 19.3 Å². The molecule has 2 rings (SSSR count). The highest BCUT2D eigenvalue weighted by Crippen LogP contribution is 2.39. The maximum Gasteiger partial charge on any atom is 0.448 e. The van der Waals surface area contributed by atoms with Gasteiger partial charge in [0.2, 0.25) is 0 Å². The lowest BCUT2D eigenvalue weighted by Gasteiger charge is -2.17. The monoisotopic (exact) mass is 325 g/mol. The van der Waals surface area contributed by atoms with Crippen molar-refractivity contribution in [2.24, 2.45) is 4.76 Å². The molecule has 0 heterocycles. The third-order valence-electron chi connectivity index (χ3n) is 3.13. The van der Waals surface area contributed by atoms with Crippen LogP contribution >= 0.6 is 7.75 Å². The molecular formula is C14H16NO6P. The predicted octanol–water partition coefficient (Wildman–Crippen LogP) is 2.52. The molecule has 7 nitrogen and oxygen atoms in total. The molecule has 8 heteroatoms. The van der Waals surface area contributed by atoms with Gasteiger partial charge in [-0.25, -0.2) is 4.57 Å². The van der Waals surface area contributed by atoms with Crippen molar-refractivity contribution in [2.75, 3.05) is 0 Å². The summed E-state index contributed by atoms with van der Waals surface area (Å²) in [5.41, 5.74) is 1.03. The highest BCUT2D eigenvalue weighted by Gasteiger charge is 2.23. The van der Waals surface area contributed by atoms with Crippen molar-refractivity contribution >= 4 is 13.5 Å². The van der Waals surface area contributed by atoms with E-state index in [2.05, 4.69) is 4.76 Å². The van der Waals surface area contributed by atoms with Gasteiger partial charge in [-0.1, -0.05) is 12.1 Å². The number of nitrogens with zero attached hydrogens (tertiary/aromatic N) is 1. The summed E-state index contributed by atoms with van der Waals surface area (Å²) in [4.78, 5) is 17.9. The van der Waals surface area contributed by atoms with E-state index in [0.29, 0.717) is 6.42 Å². The molecule has 1 aliphatic carbocycles. The van der Waals surface area contributed by atoms with Crippen LogP contribution in [0.2, 0.25) is 0 Å². The van der Waals surface area contributed by atoms with E-state index in [-0.39, 0.29) is 41.4 Å². The minimum atomic E-state index is -4.66. The summed E-state index contributed by atoms with van der Waals surface area (Å²) in [6.45, 7) is 0. The highest BCUT2D eigenvalue weighted by molar-refractivity contribution is 7.50. The van der Waals surface area contributed by atoms with Gasteiger partial charge in [0.15, 0.2) is 0 Å². The Morgan fingerprint density at radius 2 is 1.86 bits per heavy atom. The van der Waals surface area contributed by atoms with E-state index in [4.69, 9.17) is 9.79 Å². The van der Waals surface area contributed by atoms with Gasteiger partial charge in [-0.3, -0.25) is 0 Å². The number of aliphatic hydroxyl groups excluding tert-OH is 2. The lowest BCUT2D eigenvalue weighted by molar-refractivity contribution is 0.373. The molecule has 0 aliphatic heterocycles. The van der Waals surface area contributed by atoms with Crippen molar-refractivity contribution < 1.29 is 29.7 Å². The molecular weight excluding hydrogens is 309 g/mol. The van der Waals surface area contributed by atoms with Gasteiger partial charge in [0.05, 0.1) is 5.71 Å². The van der Waals surface area contributed by atoms with Gasteiger partial charge in [0.25, 0.3) is 0 Å². The Morgan fingerprint density at radius 3 is 2.50 bits per heavy atom. The van der Waals surface area contributed by atoms with Gasteiger partial charge in [0, 0.05) is 18.1 Å². The predicted molar refractivity (Wildman–Crippen MR) is 80.9 cm³/mol. The summed E-state index contributed by atoms with van der Waals surface area (Å²) in [5, 5.41) is 28.8. The second-order valence-corrected chi connectivity index (χ2v) is 6.13. The van der Waals surface area contributed by atoms with E-state index in [1.807, 2.05) is 0 Å². The smallest absolute Gasteiger partial charge is 0.448 e. The molecule has 0 bridgehead atoms. The average Bonchev–Trinajstić information content (AvgIpc) is 2.35. The molecule has 1 aromatic carbocycles. The SMILES string of the molecule is O=P(O)(O)N=C1CC(O)=CC(O)=C1CCc1cccc(O)c1. The van der Waals surface area contributed by atoms with Crippen LogP contribution in [0.3, 0.4) is 0 Å². The van der Waals surface area contributed by atoms with E-state index < -0.39 is 7.75 Å². The van der Waals surface area contributed by atoms with Crippen molar-refractivity contribution in [1.82, 2.24) is 0 Å². The third kappa shape index (κ3) is 4.46. The number of phenolic OH excluding ortho intramolecular Hbond substituents is 1. The Hall–Kier alpha value is -2.08. The largest absolute Gasteiger partial charge is 0.512 e. The van der Waals surface area contributed by atoms with Gasteiger partial charge < -0.3 is 25.1 Å². The van der Waals surface area contributed by atoms with Crippen LogP contribution in [-0.4, -0.2) is 30.8 Å². The second kappa shape index (κ2) is 6.36. The molecule has 0 radical (unpaired) electrons. The molecule has 118 valence electrons. The van der Waals surface area contributed by atoms with Crippen molar-refractivity contribution in [3.8, 4) is 5.75 Å². The fraction of sp³-hybridized carbons (Fsp3) is 0.214. The van der Waals surface area contributed by atoms with Gasteiger partial charge in [-0.2, -0.15) is 4.76 Å². The zero-order valence-corrected chi connectivity index (χ0v) is 12.4. The van der Waals surface area contributed by atoms with Gasteiger partial charge >= 0.3 is 7.75 Å². The zero-order valence-electron chi connectivity index (χ0n) is 11.5. The first kappa shape index (κ1) is 16.3. The molecule has 22 heavy (non-hydrogen) atoms. The fourth-order valence-electron chi connectivity index (χ4n) is 2.23. The van der Waals surface area contributed by atoms with Gasteiger partial charge in [-0.05, 0) is 30.5 Å². The molecule has 5 N–H and O–H groups in total. The van der Waals surface area contributed by atoms with Gasteiger partial charge in [-0.15, -0.1) is 0 Å². The maximum atomic E-state index is 11.0. The van der Waals surface area contributed by atoms with Crippen LogP contribution in [0, 0.1) is 0 Å². The number of hydrogen-bond acceptors (Lipinski definition) is 4. The fourth-order valence-corrected chi connectivity index (χ4v) is 2.73. The normalized spacial score (nSPS) is 17.7. The van der Waals surface area contributed by atoms with Gasteiger partial charge in [0.1, 0.15) is 17.3 Å². The standard InChI is InChI=1S/C14H16NO6P/c16-10-3-1-2-9(6-10)4-5-12-13(15-22(19,20)21)7-11(17)8-14(12)18/h1-3,6,8,16-18H,4-5,7H2,(H2,19,20,21). The summed E-state index contributed by atoms with van der Waals surface area (Å²) in [5.74, 6) is -0.372. The molecule has 0 amide bonds. The Kier molecular flexibility index (Phi) is 4.71. The minimum Gasteiger partial charge on any atom is -0.512 e. The Balaban J connectivity index is 2.26. The zero-order chi connectivity index (χ0) is 16.3. The summed E-state index contributed by atoms with van der Waals surface area (Å²) in [6, 6.07) is 6.55. The van der Waals surface area contributed by atoms with E-state index in [9.17, 15) is 19.9 Å². The number of benzene rings is 1. The molecule has 0 fully saturated rings. The first-order valence-corrected chi connectivity index (χ1v) is 8.06. The molecule has 0 atom stereocenters. The maximum absolute atomic E-state index is 11.0. The first-order chi connectivity index (χ1) is 10.2.